The molecule has 0 amide bonds. The zero-order valence-corrected chi connectivity index (χ0v) is 18.9. The minimum atomic E-state index is -1.91. The maximum absolute atomic E-state index is 17.4. The SMILES string of the molecule is CC(=O)OCC(=O)C1=CC[C@H]2[C@@H]3CCC4=CC(=O)C=C[C@]4(C)[C@@]3(F)[C@H](OC(C)=O)C[C@]12C. The number of ketones is 2. The van der Waals surface area contributed by atoms with E-state index in [0.717, 1.165) is 5.57 Å². The van der Waals surface area contributed by atoms with Gasteiger partial charge in [0.15, 0.2) is 23.8 Å². The molecule has 6 atom stereocenters. The van der Waals surface area contributed by atoms with Crippen LogP contribution in [0.2, 0.25) is 0 Å². The number of carbonyl (C=O) groups excluding carboxylic acids is 4. The van der Waals surface area contributed by atoms with Gasteiger partial charge in [0.1, 0.15) is 6.10 Å². The van der Waals surface area contributed by atoms with Crippen LogP contribution in [0.4, 0.5) is 4.39 Å². The fourth-order valence-electron chi connectivity index (χ4n) is 6.75. The van der Waals surface area contributed by atoms with E-state index < -0.39 is 40.5 Å². The van der Waals surface area contributed by atoms with Gasteiger partial charge in [-0.05, 0) is 50.7 Å². The van der Waals surface area contributed by atoms with Gasteiger partial charge in [-0.1, -0.05) is 24.6 Å². The van der Waals surface area contributed by atoms with Crippen LogP contribution in [0.3, 0.4) is 0 Å². The van der Waals surface area contributed by atoms with Gasteiger partial charge in [0.25, 0.3) is 0 Å². The molecule has 4 rings (SSSR count). The first kappa shape index (κ1) is 22.6. The van der Waals surface area contributed by atoms with Crippen LogP contribution < -0.4 is 0 Å². The van der Waals surface area contributed by atoms with Crippen molar-refractivity contribution in [3.63, 3.8) is 0 Å². The molecular weight excluding hydrogens is 415 g/mol. The average Bonchev–Trinajstić information content (AvgIpc) is 3.04. The van der Waals surface area contributed by atoms with Crippen LogP contribution in [-0.2, 0) is 28.7 Å². The Labute approximate surface area is 186 Å². The molecule has 0 N–H and O–H groups in total. The highest BCUT2D eigenvalue weighted by molar-refractivity contribution is 6.01. The molecule has 0 bridgehead atoms. The van der Waals surface area contributed by atoms with Crippen LogP contribution in [0.5, 0.6) is 0 Å². The number of halogens is 1. The van der Waals surface area contributed by atoms with Gasteiger partial charge in [-0.15, -0.1) is 0 Å². The van der Waals surface area contributed by atoms with Gasteiger partial charge >= 0.3 is 11.9 Å². The van der Waals surface area contributed by atoms with Gasteiger partial charge in [0.2, 0.25) is 0 Å². The zero-order valence-electron chi connectivity index (χ0n) is 18.9. The summed E-state index contributed by atoms with van der Waals surface area (Å²) < 4.78 is 28.0. The van der Waals surface area contributed by atoms with E-state index in [1.165, 1.54) is 26.0 Å². The number of allylic oxidation sites excluding steroid dienone is 5. The molecule has 2 saturated carbocycles. The number of fused-ring (bicyclic) bond motifs is 5. The first-order valence-corrected chi connectivity index (χ1v) is 11.1. The van der Waals surface area contributed by atoms with Gasteiger partial charge in [-0.25, -0.2) is 4.39 Å². The van der Waals surface area contributed by atoms with Crippen LogP contribution in [0, 0.1) is 22.7 Å². The van der Waals surface area contributed by atoms with Crippen LogP contribution in [0.15, 0.2) is 35.5 Å². The summed E-state index contributed by atoms with van der Waals surface area (Å²) in [4.78, 5) is 48.1. The Kier molecular flexibility index (Phi) is 5.30. The Morgan fingerprint density at radius 3 is 2.53 bits per heavy atom. The van der Waals surface area contributed by atoms with E-state index in [1.807, 2.05) is 13.0 Å². The number of hydrogen-bond acceptors (Lipinski definition) is 6. The monoisotopic (exact) mass is 444 g/mol. The van der Waals surface area contributed by atoms with E-state index in [1.54, 1.807) is 13.0 Å². The van der Waals surface area contributed by atoms with Crippen molar-refractivity contribution in [2.75, 3.05) is 6.61 Å². The molecule has 0 aliphatic heterocycles. The third kappa shape index (κ3) is 3.11. The highest BCUT2D eigenvalue weighted by atomic mass is 19.1. The molecule has 4 aliphatic rings. The largest absolute Gasteiger partial charge is 0.459 e. The van der Waals surface area contributed by atoms with Gasteiger partial charge in [-0.3, -0.25) is 19.2 Å². The van der Waals surface area contributed by atoms with Gasteiger partial charge in [0.05, 0.1) is 0 Å². The Hall–Kier alpha value is -2.57. The van der Waals surface area contributed by atoms with E-state index in [0.29, 0.717) is 24.8 Å². The molecule has 0 unspecified atom stereocenters. The van der Waals surface area contributed by atoms with Crippen LogP contribution >= 0.6 is 0 Å². The lowest BCUT2D eigenvalue weighted by Gasteiger charge is -2.62. The van der Waals surface area contributed by atoms with Crippen molar-refractivity contribution in [2.45, 2.75) is 65.2 Å². The molecule has 0 spiro atoms. The van der Waals surface area contributed by atoms with Crippen LogP contribution in [0.1, 0.15) is 53.4 Å². The summed E-state index contributed by atoms with van der Waals surface area (Å²) in [5.41, 5.74) is -2.45. The number of esters is 2. The number of alkyl halides is 1. The van der Waals surface area contributed by atoms with E-state index >= 15 is 4.39 Å². The number of ether oxygens (including phenoxy) is 2. The standard InChI is InChI=1S/C25H29FO6/c1-14(27)31-13-21(30)20-8-7-18-19-6-5-16-11-17(29)9-10-24(16,4)25(19,26)22(32-15(2)28)12-23(18,20)3/h8-11,18-19,22H,5-7,12-13H2,1-4H3/t18-,19-,22+,23-,24-,25-/m0/s1. The third-order valence-corrected chi connectivity index (χ3v) is 8.21. The maximum Gasteiger partial charge on any atom is 0.303 e. The molecule has 0 saturated heterocycles. The van der Waals surface area contributed by atoms with E-state index in [4.69, 9.17) is 9.47 Å². The molecular formula is C25H29FO6. The van der Waals surface area contributed by atoms with Crippen molar-refractivity contribution < 1.29 is 33.0 Å². The summed E-state index contributed by atoms with van der Waals surface area (Å²) in [5.74, 6) is -2.23. The number of hydrogen-bond donors (Lipinski definition) is 0. The normalized spacial score (nSPS) is 39.8. The second kappa shape index (κ2) is 7.49. The molecule has 7 heteroatoms. The van der Waals surface area contributed by atoms with Crippen molar-refractivity contribution in [3.05, 3.63) is 35.5 Å². The predicted octanol–water partition coefficient (Wildman–Crippen LogP) is 3.60. The maximum atomic E-state index is 17.4. The fourth-order valence-corrected chi connectivity index (χ4v) is 6.75. The van der Waals surface area contributed by atoms with Gasteiger partial charge in [-0.2, -0.15) is 0 Å². The molecule has 32 heavy (non-hydrogen) atoms. The smallest absolute Gasteiger partial charge is 0.303 e. The Morgan fingerprint density at radius 1 is 1.16 bits per heavy atom. The summed E-state index contributed by atoms with van der Waals surface area (Å²) in [6.45, 7) is 5.84. The van der Waals surface area contributed by atoms with Crippen molar-refractivity contribution >= 4 is 23.5 Å². The molecule has 0 heterocycles. The average molecular weight is 444 g/mol. The van der Waals surface area contributed by atoms with Crippen LogP contribution in [0.25, 0.3) is 0 Å². The molecule has 0 aromatic heterocycles. The minimum Gasteiger partial charge on any atom is -0.459 e. The van der Waals surface area contributed by atoms with E-state index in [2.05, 4.69) is 0 Å². The molecule has 172 valence electrons. The summed E-state index contributed by atoms with van der Waals surface area (Å²) in [6, 6.07) is 0. The van der Waals surface area contributed by atoms with Crippen LogP contribution in [-0.4, -0.2) is 41.9 Å². The number of Topliss-reactive ketones (excluding diaryl/α,β-unsaturated/α-hetero) is 1. The summed E-state index contributed by atoms with van der Waals surface area (Å²) >= 11 is 0. The van der Waals surface area contributed by atoms with Gasteiger partial charge in [0, 0.05) is 36.2 Å². The first-order chi connectivity index (χ1) is 14.9. The Balaban J connectivity index is 1.76. The molecule has 0 aromatic rings. The second-order valence-corrected chi connectivity index (χ2v) is 9.90. The summed E-state index contributed by atoms with van der Waals surface area (Å²) in [6.07, 6.45) is 7.03. The predicted molar refractivity (Wildman–Crippen MR) is 113 cm³/mol. The lowest BCUT2D eigenvalue weighted by molar-refractivity contribution is -0.206. The molecule has 0 aromatic carbocycles. The van der Waals surface area contributed by atoms with Crippen molar-refractivity contribution in [3.8, 4) is 0 Å². The topological polar surface area (TPSA) is 86.7 Å². The Morgan fingerprint density at radius 2 is 1.88 bits per heavy atom. The molecule has 6 nitrogen and oxygen atoms in total. The first-order valence-electron chi connectivity index (χ1n) is 11.1. The number of rotatable bonds is 4. The Bertz CT molecular complexity index is 992. The fraction of sp³-hybridized carbons (Fsp3) is 0.600. The highest BCUT2D eigenvalue weighted by Gasteiger charge is 2.71. The van der Waals surface area contributed by atoms with Gasteiger partial charge < -0.3 is 9.47 Å². The molecule has 4 aliphatic carbocycles. The van der Waals surface area contributed by atoms with Crippen molar-refractivity contribution in [2.24, 2.45) is 22.7 Å². The highest BCUT2D eigenvalue weighted by Crippen LogP contribution is 2.68. The minimum absolute atomic E-state index is 0.145. The summed E-state index contributed by atoms with van der Waals surface area (Å²) in [7, 11) is 0. The lowest BCUT2D eigenvalue weighted by atomic mass is 9.45. The van der Waals surface area contributed by atoms with Crippen molar-refractivity contribution in [1.82, 2.24) is 0 Å². The quantitative estimate of drug-likeness (QED) is 0.616. The summed E-state index contributed by atoms with van der Waals surface area (Å²) in [5, 5.41) is 0. The van der Waals surface area contributed by atoms with Crippen molar-refractivity contribution in [1.29, 1.82) is 0 Å². The second-order valence-electron chi connectivity index (χ2n) is 9.90. The van der Waals surface area contributed by atoms with E-state index in [9.17, 15) is 19.2 Å². The molecule has 2 fully saturated rings. The lowest BCUT2D eigenvalue weighted by Crippen LogP contribution is -2.67. The zero-order chi connectivity index (χ0) is 23.5. The third-order valence-electron chi connectivity index (χ3n) is 8.21. The van der Waals surface area contributed by atoms with E-state index in [-0.39, 0.29) is 30.5 Å². The molecule has 0 radical (unpaired) electrons. The number of carbonyl (C=O) groups is 4.